The van der Waals surface area contributed by atoms with E-state index in [0.29, 0.717) is 13.0 Å². The number of amides is 2. The van der Waals surface area contributed by atoms with Crippen molar-refractivity contribution >= 4 is 28.9 Å². The van der Waals surface area contributed by atoms with Gasteiger partial charge in [0.1, 0.15) is 11.1 Å². The SMILES string of the molecule is CC(C)C(CC(=O)O)N1CCC(Cc2c[nH]c3ccccc23)(NC(=O)OC(C)(C)C)C1=O. The van der Waals surface area contributed by atoms with Gasteiger partial charge in [0.25, 0.3) is 0 Å². The van der Waals surface area contributed by atoms with E-state index in [1.165, 1.54) is 0 Å². The molecule has 0 radical (unpaired) electrons. The van der Waals surface area contributed by atoms with Crippen LogP contribution < -0.4 is 5.32 Å². The van der Waals surface area contributed by atoms with Crippen molar-refractivity contribution in [2.75, 3.05) is 6.54 Å². The highest BCUT2D eigenvalue weighted by molar-refractivity contribution is 5.94. The molecule has 2 unspecified atom stereocenters. The van der Waals surface area contributed by atoms with E-state index in [-0.39, 0.29) is 24.7 Å². The van der Waals surface area contributed by atoms with Gasteiger partial charge in [-0.3, -0.25) is 9.59 Å². The van der Waals surface area contributed by atoms with Crippen LogP contribution in [0.4, 0.5) is 4.79 Å². The highest BCUT2D eigenvalue weighted by atomic mass is 16.6. The van der Waals surface area contributed by atoms with Gasteiger partial charge in [0, 0.05) is 36.1 Å². The molecule has 8 heteroatoms. The van der Waals surface area contributed by atoms with E-state index in [9.17, 15) is 19.5 Å². The van der Waals surface area contributed by atoms with E-state index in [0.717, 1.165) is 16.5 Å². The van der Waals surface area contributed by atoms with Gasteiger partial charge in [-0.25, -0.2) is 4.79 Å². The van der Waals surface area contributed by atoms with Gasteiger partial charge in [0.15, 0.2) is 0 Å². The van der Waals surface area contributed by atoms with Crippen LogP contribution in [0.15, 0.2) is 30.5 Å². The molecule has 1 aromatic carbocycles. The quantitative estimate of drug-likeness (QED) is 0.604. The zero-order valence-corrected chi connectivity index (χ0v) is 19.4. The fourth-order valence-corrected chi connectivity index (χ4v) is 4.42. The molecule has 8 nitrogen and oxygen atoms in total. The van der Waals surface area contributed by atoms with Crippen LogP contribution in [0.5, 0.6) is 0 Å². The third-order valence-corrected chi connectivity index (χ3v) is 5.91. The largest absolute Gasteiger partial charge is 0.481 e. The number of carboxylic acid groups (broad SMARTS) is 1. The zero-order valence-electron chi connectivity index (χ0n) is 19.4. The summed E-state index contributed by atoms with van der Waals surface area (Å²) in [6.45, 7) is 9.48. The summed E-state index contributed by atoms with van der Waals surface area (Å²) in [4.78, 5) is 42.8. The summed E-state index contributed by atoms with van der Waals surface area (Å²) in [5.74, 6) is -1.26. The number of fused-ring (bicyclic) bond motifs is 1. The first-order chi connectivity index (χ1) is 14.9. The van der Waals surface area contributed by atoms with Gasteiger partial charge >= 0.3 is 12.1 Å². The van der Waals surface area contributed by atoms with Crippen molar-refractivity contribution in [1.82, 2.24) is 15.2 Å². The number of hydrogen-bond donors (Lipinski definition) is 3. The van der Waals surface area contributed by atoms with Gasteiger partial charge in [0.05, 0.1) is 6.42 Å². The predicted octanol–water partition coefficient (Wildman–Crippen LogP) is 3.71. The molecule has 1 aliphatic rings. The third-order valence-electron chi connectivity index (χ3n) is 5.91. The number of H-pyrrole nitrogens is 1. The molecule has 0 aliphatic carbocycles. The van der Waals surface area contributed by atoms with Gasteiger partial charge in [-0.1, -0.05) is 32.0 Å². The Morgan fingerprint density at radius 2 is 1.97 bits per heavy atom. The Morgan fingerprint density at radius 1 is 1.28 bits per heavy atom. The van der Waals surface area contributed by atoms with Gasteiger partial charge in [0.2, 0.25) is 5.91 Å². The Hall–Kier alpha value is -3.03. The molecule has 0 saturated carbocycles. The van der Waals surface area contributed by atoms with Gasteiger partial charge < -0.3 is 25.0 Å². The van der Waals surface area contributed by atoms with Crippen LogP contribution >= 0.6 is 0 Å². The average molecular weight is 444 g/mol. The number of likely N-dealkylation sites (tertiary alicyclic amines) is 1. The highest BCUT2D eigenvalue weighted by Crippen LogP contribution is 2.33. The number of aliphatic carboxylic acids is 1. The molecule has 1 aliphatic heterocycles. The van der Waals surface area contributed by atoms with E-state index >= 15 is 0 Å². The fourth-order valence-electron chi connectivity index (χ4n) is 4.42. The molecule has 0 bridgehead atoms. The van der Waals surface area contributed by atoms with Crippen molar-refractivity contribution in [3.05, 3.63) is 36.0 Å². The summed E-state index contributed by atoms with van der Waals surface area (Å²) >= 11 is 0. The lowest BCUT2D eigenvalue weighted by atomic mass is 9.88. The molecular weight excluding hydrogens is 410 g/mol. The Balaban J connectivity index is 1.96. The van der Waals surface area contributed by atoms with Crippen molar-refractivity contribution in [1.29, 1.82) is 0 Å². The number of nitrogens with one attached hydrogen (secondary N) is 2. The summed E-state index contributed by atoms with van der Waals surface area (Å²) in [5, 5.41) is 13.2. The number of aromatic nitrogens is 1. The zero-order chi connectivity index (χ0) is 23.7. The first kappa shape index (κ1) is 23.6. The van der Waals surface area contributed by atoms with E-state index in [1.54, 1.807) is 25.7 Å². The van der Waals surface area contributed by atoms with Crippen molar-refractivity contribution in [3.63, 3.8) is 0 Å². The Bertz CT molecular complexity index is 1010. The van der Waals surface area contributed by atoms with Crippen LogP contribution in [0.25, 0.3) is 10.9 Å². The molecular formula is C24H33N3O5. The minimum Gasteiger partial charge on any atom is -0.481 e. The topological polar surface area (TPSA) is 112 Å². The summed E-state index contributed by atoms with van der Waals surface area (Å²) < 4.78 is 5.46. The Morgan fingerprint density at radius 3 is 2.59 bits per heavy atom. The van der Waals surface area contributed by atoms with Crippen LogP contribution in [-0.4, -0.2) is 56.7 Å². The predicted molar refractivity (Wildman–Crippen MR) is 121 cm³/mol. The number of carbonyl (C=O) groups excluding carboxylic acids is 2. The summed E-state index contributed by atoms with van der Waals surface area (Å²) in [6.07, 6.45) is 1.71. The molecule has 32 heavy (non-hydrogen) atoms. The molecule has 1 saturated heterocycles. The minimum absolute atomic E-state index is 0.0412. The first-order valence-electron chi connectivity index (χ1n) is 11.0. The standard InChI is InChI=1S/C24H33N3O5/c1-15(2)19(12-20(28)29)27-11-10-24(21(27)30,26-22(31)32-23(3,4)5)13-16-14-25-18-9-7-6-8-17(16)18/h6-9,14-15,19,25H,10-13H2,1-5H3,(H,26,31)(H,28,29). The number of nitrogens with zero attached hydrogens (tertiary/aromatic N) is 1. The number of carboxylic acids is 1. The second-order valence-corrected chi connectivity index (χ2v) is 9.90. The fraction of sp³-hybridized carbons (Fsp3) is 0.542. The van der Waals surface area contributed by atoms with Crippen molar-refractivity contribution < 1.29 is 24.2 Å². The van der Waals surface area contributed by atoms with Gasteiger partial charge in [-0.2, -0.15) is 0 Å². The number of hydrogen-bond acceptors (Lipinski definition) is 4. The van der Waals surface area contributed by atoms with E-state index in [4.69, 9.17) is 4.74 Å². The van der Waals surface area contributed by atoms with Crippen molar-refractivity contribution in [3.8, 4) is 0 Å². The molecule has 2 aromatic rings. The number of alkyl carbamates (subject to hydrolysis) is 1. The van der Waals surface area contributed by atoms with Crippen molar-refractivity contribution in [2.45, 2.75) is 71.1 Å². The Kier molecular flexibility index (Phi) is 6.53. The summed E-state index contributed by atoms with van der Waals surface area (Å²) in [6, 6.07) is 7.33. The molecule has 2 atom stereocenters. The molecule has 174 valence electrons. The maximum Gasteiger partial charge on any atom is 0.408 e. The van der Waals surface area contributed by atoms with Crippen molar-refractivity contribution in [2.24, 2.45) is 5.92 Å². The lowest BCUT2D eigenvalue weighted by molar-refractivity contribution is -0.142. The van der Waals surface area contributed by atoms with Crippen LogP contribution in [0.2, 0.25) is 0 Å². The van der Waals surface area contributed by atoms with Crippen LogP contribution in [0.3, 0.4) is 0 Å². The van der Waals surface area contributed by atoms with Gasteiger partial charge in [-0.05, 0) is 44.7 Å². The molecule has 2 heterocycles. The third kappa shape index (κ3) is 5.06. The normalized spacial score (nSPS) is 20.1. The highest BCUT2D eigenvalue weighted by Gasteiger charge is 2.51. The molecule has 0 spiro atoms. The molecule has 3 N–H and O–H groups in total. The lowest BCUT2D eigenvalue weighted by Crippen LogP contribution is -2.58. The summed E-state index contributed by atoms with van der Waals surface area (Å²) in [7, 11) is 0. The molecule has 1 fully saturated rings. The first-order valence-corrected chi connectivity index (χ1v) is 11.0. The second-order valence-electron chi connectivity index (χ2n) is 9.90. The van der Waals surface area contributed by atoms with E-state index in [2.05, 4.69) is 10.3 Å². The number of carbonyl (C=O) groups is 3. The number of ether oxygens (including phenoxy) is 1. The number of aromatic amines is 1. The van der Waals surface area contributed by atoms with Crippen LogP contribution in [-0.2, 0) is 20.7 Å². The van der Waals surface area contributed by atoms with Crippen LogP contribution in [0.1, 0.15) is 53.0 Å². The maximum absolute atomic E-state index is 13.8. The number of para-hydroxylation sites is 1. The molecule has 1 aromatic heterocycles. The maximum atomic E-state index is 13.8. The number of benzene rings is 1. The smallest absolute Gasteiger partial charge is 0.408 e. The number of rotatable bonds is 7. The van der Waals surface area contributed by atoms with E-state index < -0.39 is 29.2 Å². The lowest BCUT2D eigenvalue weighted by Gasteiger charge is -2.34. The second kappa shape index (κ2) is 8.84. The Labute approximate surface area is 188 Å². The van der Waals surface area contributed by atoms with Crippen LogP contribution in [0, 0.1) is 5.92 Å². The minimum atomic E-state index is -1.21. The monoisotopic (exact) mass is 443 g/mol. The van der Waals surface area contributed by atoms with Gasteiger partial charge in [-0.15, -0.1) is 0 Å². The molecule has 2 amide bonds. The molecule has 3 rings (SSSR count). The summed E-state index contributed by atoms with van der Waals surface area (Å²) in [5.41, 5.74) is -0.0647. The van der Waals surface area contributed by atoms with E-state index in [1.807, 2.05) is 44.3 Å². The average Bonchev–Trinajstić information content (AvgIpc) is 3.20.